The zero-order chi connectivity index (χ0) is 16.9. The molecule has 0 aliphatic heterocycles. The fourth-order valence-corrected chi connectivity index (χ4v) is 2.28. The van der Waals surface area contributed by atoms with Crippen LogP contribution in [-0.4, -0.2) is 54.4 Å². The fraction of sp³-hybridized carbons (Fsp3) is 0.533. The van der Waals surface area contributed by atoms with Gasteiger partial charge in [0, 0.05) is 18.8 Å². The van der Waals surface area contributed by atoms with Gasteiger partial charge in [-0.25, -0.2) is 4.79 Å². The summed E-state index contributed by atoms with van der Waals surface area (Å²) >= 11 is 0. The van der Waals surface area contributed by atoms with Crippen LogP contribution in [0.3, 0.4) is 0 Å². The number of rotatable bonds is 6. The minimum Gasteiger partial charge on any atom is -0.465 e. The second-order valence-electron chi connectivity index (χ2n) is 4.89. The summed E-state index contributed by atoms with van der Waals surface area (Å²) in [5, 5.41) is 2.66. The number of hydrogen-bond acceptors (Lipinski definition) is 4. The molecule has 0 atom stereocenters. The highest BCUT2D eigenvalue weighted by Gasteiger charge is 2.25. The molecule has 1 rings (SSSR count). The van der Waals surface area contributed by atoms with Crippen LogP contribution in [0.2, 0.25) is 0 Å². The van der Waals surface area contributed by atoms with Crippen LogP contribution in [-0.2, 0) is 9.53 Å². The number of methoxy groups -OCH3 is 1. The van der Waals surface area contributed by atoms with E-state index in [1.54, 1.807) is 20.8 Å². The quantitative estimate of drug-likeness (QED) is 0.767. The molecule has 0 unspecified atom stereocenters. The standard InChI is InChI=1S/C15H23N3O4/c1-6-16-11(19)8-18(7-2)14(20)13-9(3)12(10(4)17-13)15(21)22-5/h17H,6-8H2,1-5H3,(H,16,19). The van der Waals surface area contributed by atoms with Crippen molar-refractivity contribution >= 4 is 17.8 Å². The molecule has 2 amide bonds. The predicted octanol–water partition coefficient (Wildman–Crippen LogP) is 1.02. The maximum absolute atomic E-state index is 12.6. The van der Waals surface area contributed by atoms with Gasteiger partial charge in [0.2, 0.25) is 5.91 Å². The molecule has 0 bridgehead atoms. The van der Waals surface area contributed by atoms with Crippen molar-refractivity contribution in [1.82, 2.24) is 15.2 Å². The second-order valence-corrected chi connectivity index (χ2v) is 4.89. The van der Waals surface area contributed by atoms with Crippen LogP contribution in [0.4, 0.5) is 0 Å². The molecule has 0 aromatic carbocycles. The van der Waals surface area contributed by atoms with E-state index in [2.05, 4.69) is 10.3 Å². The van der Waals surface area contributed by atoms with Gasteiger partial charge in [-0.3, -0.25) is 9.59 Å². The van der Waals surface area contributed by atoms with Gasteiger partial charge >= 0.3 is 5.97 Å². The Morgan fingerprint density at radius 2 is 1.86 bits per heavy atom. The number of nitrogens with zero attached hydrogens (tertiary/aromatic N) is 1. The molecule has 0 aliphatic carbocycles. The summed E-state index contributed by atoms with van der Waals surface area (Å²) in [4.78, 5) is 40.4. The van der Waals surface area contributed by atoms with Gasteiger partial charge in [0.05, 0.1) is 19.2 Å². The molecule has 1 heterocycles. The highest BCUT2D eigenvalue weighted by molar-refractivity contribution is 6.01. The fourth-order valence-electron chi connectivity index (χ4n) is 2.28. The van der Waals surface area contributed by atoms with Gasteiger partial charge in [0.25, 0.3) is 5.91 Å². The Morgan fingerprint density at radius 1 is 1.23 bits per heavy atom. The zero-order valence-corrected chi connectivity index (χ0v) is 13.7. The average Bonchev–Trinajstić information content (AvgIpc) is 2.78. The number of amides is 2. The van der Waals surface area contributed by atoms with E-state index < -0.39 is 5.97 Å². The Kier molecular flexibility index (Phi) is 6.15. The van der Waals surface area contributed by atoms with Gasteiger partial charge in [-0.2, -0.15) is 0 Å². The lowest BCUT2D eigenvalue weighted by molar-refractivity contribution is -0.121. The zero-order valence-electron chi connectivity index (χ0n) is 13.7. The maximum Gasteiger partial charge on any atom is 0.339 e. The van der Waals surface area contributed by atoms with Gasteiger partial charge in [-0.05, 0) is 33.3 Å². The molecular weight excluding hydrogens is 286 g/mol. The Labute approximate surface area is 130 Å². The molecule has 7 heteroatoms. The van der Waals surface area contributed by atoms with Gasteiger partial charge in [0.15, 0.2) is 0 Å². The van der Waals surface area contributed by atoms with Gasteiger partial charge in [-0.1, -0.05) is 0 Å². The van der Waals surface area contributed by atoms with Crippen molar-refractivity contribution in [2.45, 2.75) is 27.7 Å². The minimum atomic E-state index is -0.489. The van der Waals surface area contributed by atoms with Crippen LogP contribution in [0.25, 0.3) is 0 Å². The average molecular weight is 309 g/mol. The Bertz CT molecular complexity index is 578. The van der Waals surface area contributed by atoms with Crippen molar-refractivity contribution in [3.05, 3.63) is 22.5 Å². The lowest BCUT2D eigenvalue weighted by Gasteiger charge is -2.20. The first kappa shape index (κ1) is 17.7. The number of aromatic nitrogens is 1. The summed E-state index contributed by atoms with van der Waals surface area (Å²) in [7, 11) is 1.29. The van der Waals surface area contributed by atoms with Crippen LogP contribution in [0.5, 0.6) is 0 Å². The first-order valence-electron chi connectivity index (χ1n) is 7.20. The lowest BCUT2D eigenvalue weighted by atomic mass is 10.1. The number of ether oxygens (including phenoxy) is 1. The number of aryl methyl sites for hydroxylation is 1. The summed E-state index contributed by atoms with van der Waals surface area (Å²) in [6.45, 7) is 7.88. The minimum absolute atomic E-state index is 0.0196. The smallest absolute Gasteiger partial charge is 0.339 e. The number of carbonyl (C=O) groups excluding carboxylic acids is 3. The van der Waals surface area contributed by atoms with E-state index in [-0.39, 0.29) is 18.4 Å². The molecule has 0 spiro atoms. The van der Waals surface area contributed by atoms with Crippen LogP contribution < -0.4 is 5.32 Å². The number of likely N-dealkylation sites (N-methyl/N-ethyl adjacent to an activating group) is 2. The molecule has 0 radical (unpaired) electrons. The largest absolute Gasteiger partial charge is 0.465 e. The normalized spacial score (nSPS) is 10.2. The second kappa shape index (κ2) is 7.63. The third kappa shape index (κ3) is 3.66. The summed E-state index contributed by atoms with van der Waals surface area (Å²) in [6, 6.07) is 0. The van der Waals surface area contributed by atoms with E-state index in [1.165, 1.54) is 12.0 Å². The maximum atomic E-state index is 12.6. The number of nitrogens with one attached hydrogen (secondary N) is 2. The Balaban J connectivity index is 3.06. The van der Waals surface area contributed by atoms with E-state index in [1.807, 2.05) is 6.92 Å². The van der Waals surface area contributed by atoms with Crippen molar-refractivity contribution in [1.29, 1.82) is 0 Å². The van der Waals surface area contributed by atoms with Gasteiger partial charge in [-0.15, -0.1) is 0 Å². The van der Waals surface area contributed by atoms with E-state index in [0.29, 0.717) is 35.6 Å². The highest BCUT2D eigenvalue weighted by Crippen LogP contribution is 2.20. The van der Waals surface area contributed by atoms with Crippen LogP contribution in [0, 0.1) is 13.8 Å². The van der Waals surface area contributed by atoms with E-state index in [0.717, 1.165) is 0 Å². The Hall–Kier alpha value is -2.31. The van der Waals surface area contributed by atoms with Gasteiger partial charge < -0.3 is 19.9 Å². The molecule has 2 N–H and O–H groups in total. The molecule has 0 aliphatic rings. The number of esters is 1. The van der Waals surface area contributed by atoms with Crippen molar-refractivity contribution < 1.29 is 19.1 Å². The van der Waals surface area contributed by atoms with Crippen molar-refractivity contribution in [2.24, 2.45) is 0 Å². The third-order valence-corrected chi connectivity index (χ3v) is 3.42. The molecular formula is C15H23N3O4. The van der Waals surface area contributed by atoms with E-state index in [9.17, 15) is 14.4 Å². The van der Waals surface area contributed by atoms with Crippen molar-refractivity contribution in [3.63, 3.8) is 0 Å². The summed E-state index contributed by atoms with van der Waals surface area (Å²) in [5.74, 6) is -1.02. The first-order valence-corrected chi connectivity index (χ1v) is 7.20. The van der Waals surface area contributed by atoms with E-state index >= 15 is 0 Å². The highest BCUT2D eigenvalue weighted by atomic mass is 16.5. The monoisotopic (exact) mass is 309 g/mol. The third-order valence-electron chi connectivity index (χ3n) is 3.42. The van der Waals surface area contributed by atoms with Crippen molar-refractivity contribution in [2.75, 3.05) is 26.7 Å². The number of carbonyl (C=O) groups is 3. The molecule has 1 aromatic heterocycles. The molecule has 0 saturated heterocycles. The van der Waals surface area contributed by atoms with Crippen LogP contribution in [0.1, 0.15) is 46.0 Å². The summed E-state index contributed by atoms with van der Waals surface area (Å²) in [5.41, 5.74) is 1.77. The number of hydrogen-bond donors (Lipinski definition) is 2. The number of H-pyrrole nitrogens is 1. The topological polar surface area (TPSA) is 91.5 Å². The molecule has 122 valence electrons. The van der Waals surface area contributed by atoms with Crippen LogP contribution in [0.15, 0.2) is 0 Å². The predicted molar refractivity (Wildman–Crippen MR) is 81.9 cm³/mol. The summed E-state index contributed by atoms with van der Waals surface area (Å²) < 4.78 is 4.73. The number of aromatic amines is 1. The van der Waals surface area contributed by atoms with E-state index in [4.69, 9.17) is 4.74 Å². The SMILES string of the molecule is CCNC(=O)CN(CC)C(=O)c1[nH]c(C)c(C(=O)OC)c1C. The molecule has 0 fully saturated rings. The molecule has 1 aromatic rings. The lowest BCUT2D eigenvalue weighted by Crippen LogP contribution is -2.40. The van der Waals surface area contributed by atoms with Crippen LogP contribution >= 0.6 is 0 Å². The Morgan fingerprint density at radius 3 is 2.36 bits per heavy atom. The van der Waals surface area contributed by atoms with Crippen molar-refractivity contribution in [3.8, 4) is 0 Å². The summed E-state index contributed by atoms with van der Waals surface area (Å²) in [6.07, 6.45) is 0. The van der Waals surface area contributed by atoms with Gasteiger partial charge in [0.1, 0.15) is 5.69 Å². The molecule has 0 saturated carbocycles. The first-order chi connectivity index (χ1) is 10.4. The molecule has 22 heavy (non-hydrogen) atoms. The molecule has 7 nitrogen and oxygen atoms in total.